The molecule has 1 N–H and O–H groups in total. The Bertz CT molecular complexity index is 1150. The van der Waals surface area contributed by atoms with Gasteiger partial charge in [-0.1, -0.05) is 42.1 Å². The molecule has 0 atom stereocenters. The number of hydrogen-bond acceptors (Lipinski definition) is 7. The Hall–Kier alpha value is -3.53. The number of methoxy groups -OCH3 is 1. The molecule has 0 bridgehead atoms. The molecule has 1 fully saturated rings. The summed E-state index contributed by atoms with van der Waals surface area (Å²) in [5.41, 5.74) is 1.79. The third kappa shape index (κ3) is 6.13. The second kappa shape index (κ2) is 11.7. The van der Waals surface area contributed by atoms with E-state index in [2.05, 4.69) is 32.5 Å². The van der Waals surface area contributed by atoms with Gasteiger partial charge in [0.1, 0.15) is 11.6 Å². The normalized spacial score (nSPS) is 13.5. The Balaban J connectivity index is 1.30. The van der Waals surface area contributed by atoms with E-state index < -0.39 is 0 Å². The number of carbonyl (C=O) groups excluding carboxylic acids is 2. The Morgan fingerprint density at radius 3 is 2.43 bits per heavy atom. The molecule has 2 aromatic carbocycles. The van der Waals surface area contributed by atoms with E-state index in [0.717, 1.165) is 13.1 Å². The lowest BCUT2D eigenvalue weighted by molar-refractivity contribution is -0.128. The van der Waals surface area contributed by atoms with Crippen LogP contribution in [0.3, 0.4) is 0 Å². The van der Waals surface area contributed by atoms with Gasteiger partial charge in [0.25, 0.3) is 0 Å². The summed E-state index contributed by atoms with van der Waals surface area (Å²) in [5.74, 6) is 1.32. The zero-order valence-electron chi connectivity index (χ0n) is 20.0. The molecule has 4 rings (SSSR count). The average molecular weight is 495 g/mol. The van der Waals surface area contributed by atoms with Crippen LogP contribution in [0.1, 0.15) is 12.7 Å². The first kappa shape index (κ1) is 24.6. The van der Waals surface area contributed by atoms with Gasteiger partial charge < -0.3 is 24.4 Å². The summed E-state index contributed by atoms with van der Waals surface area (Å²) in [4.78, 5) is 29.6. The van der Waals surface area contributed by atoms with E-state index in [1.807, 2.05) is 46.7 Å². The van der Waals surface area contributed by atoms with Crippen molar-refractivity contribution in [3.8, 4) is 5.75 Å². The first-order valence-electron chi connectivity index (χ1n) is 11.6. The molecule has 0 unspecified atom stereocenters. The smallest absolute Gasteiger partial charge is 0.233 e. The quantitative estimate of drug-likeness (QED) is 0.457. The molecule has 0 spiro atoms. The van der Waals surface area contributed by atoms with E-state index in [1.165, 1.54) is 17.4 Å². The van der Waals surface area contributed by atoms with Gasteiger partial charge in [0.2, 0.25) is 11.8 Å². The number of rotatable bonds is 9. The molecule has 3 aromatic rings. The zero-order valence-corrected chi connectivity index (χ0v) is 20.8. The third-order valence-corrected chi connectivity index (χ3v) is 6.84. The van der Waals surface area contributed by atoms with Crippen molar-refractivity contribution in [3.05, 3.63) is 60.4 Å². The lowest BCUT2D eigenvalue weighted by Gasteiger charge is -2.36. The second-order valence-electron chi connectivity index (χ2n) is 8.06. The fraction of sp³-hybridized carbons (Fsp3) is 0.360. The molecular formula is C25H30N6O3S. The zero-order chi connectivity index (χ0) is 24.6. The van der Waals surface area contributed by atoms with Crippen molar-refractivity contribution >= 4 is 35.0 Å². The number of piperazine rings is 1. The molecule has 0 aliphatic carbocycles. The molecule has 1 saturated heterocycles. The summed E-state index contributed by atoms with van der Waals surface area (Å²) in [7, 11) is 1.56. The highest BCUT2D eigenvalue weighted by Gasteiger charge is 2.23. The van der Waals surface area contributed by atoms with Crippen LogP contribution in [-0.2, 0) is 22.6 Å². The molecule has 2 amide bonds. The molecule has 1 aromatic heterocycles. The summed E-state index contributed by atoms with van der Waals surface area (Å²) in [6.07, 6.45) is 0.0782. The number of nitrogens with zero attached hydrogens (tertiary/aromatic N) is 5. The molecule has 1 aliphatic heterocycles. The van der Waals surface area contributed by atoms with Gasteiger partial charge in [-0.2, -0.15) is 0 Å². The highest BCUT2D eigenvalue weighted by atomic mass is 32.2. The van der Waals surface area contributed by atoms with E-state index in [0.29, 0.717) is 42.1 Å². The Kier molecular flexibility index (Phi) is 8.25. The Labute approximate surface area is 209 Å². The van der Waals surface area contributed by atoms with Crippen LogP contribution >= 0.6 is 11.8 Å². The van der Waals surface area contributed by atoms with E-state index in [-0.39, 0.29) is 24.0 Å². The maximum atomic E-state index is 12.8. The third-order valence-electron chi connectivity index (χ3n) is 5.89. The maximum Gasteiger partial charge on any atom is 0.233 e. The van der Waals surface area contributed by atoms with E-state index in [1.54, 1.807) is 19.2 Å². The Morgan fingerprint density at radius 2 is 1.71 bits per heavy atom. The lowest BCUT2D eigenvalue weighted by atomic mass is 10.2. The van der Waals surface area contributed by atoms with Crippen molar-refractivity contribution in [2.75, 3.05) is 49.3 Å². The largest absolute Gasteiger partial charge is 0.495 e. The van der Waals surface area contributed by atoms with Crippen LogP contribution in [0.15, 0.2) is 59.8 Å². The average Bonchev–Trinajstić information content (AvgIpc) is 3.29. The summed E-state index contributed by atoms with van der Waals surface area (Å²) in [5, 5.41) is 12.0. The minimum atomic E-state index is -0.208. The number of hydrogen-bond donors (Lipinski definition) is 1. The van der Waals surface area contributed by atoms with Gasteiger partial charge in [0, 0.05) is 38.4 Å². The predicted molar refractivity (Wildman–Crippen MR) is 137 cm³/mol. The minimum absolute atomic E-state index is 0.0782. The molecule has 1 aliphatic rings. The maximum absolute atomic E-state index is 12.8. The first-order chi connectivity index (χ1) is 17.1. The fourth-order valence-electron chi connectivity index (χ4n) is 4.03. The summed E-state index contributed by atoms with van der Waals surface area (Å²) >= 11 is 1.36. The number of nitrogens with one attached hydrogen (secondary N) is 1. The second-order valence-corrected chi connectivity index (χ2v) is 9.00. The van der Waals surface area contributed by atoms with Crippen molar-refractivity contribution < 1.29 is 14.3 Å². The van der Waals surface area contributed by atoms with Gasteiger partial charge in [0.15, 0.2) is 5.16 Å². The minimum Gasteiger partial charge on any atom is -0.495 e. The fourth-order valence-corrected chi connectivity index (χ4v) is 4.95. The van der Waals surface area contributed by atoms with Crippen LogP contribution in [0.4, 0.5) is 11.4 Å². The van der Waals surface area contributed by atoms with E-state index in [9.17, 15) is 9.59 Å². The number of ether oxygens (including phenoxy) is 1. The summed E-state index contributed by atoms with van der Waals surface area (Å²) < 4.78 is 7.17. The standard InChI is InChI=1S/C25H30N6O3S/c1-3-31-22(17-23(32)26-20-11-7-8-12-21(20)34-2)27-28-25(31)35-18-24(33)30-15-13-29(14-16-30)19-9-5-4-6-10-19/h4-12H,3,13-18H2,1-2H3,(H,26,32). The molecule has 0 saturated carbocycles. The monoisotopic (exact) mass is 494 g/mol. The molecular weight excluding hydrogens is 464 g/mol. The summed E-state index contributed by atoms with van der Waals surface area (Å²) in [6, 6.07) is 17.5. The van der Waals surface area contributed by atoms with Gasteiger partial charge >= 0.3 is 0 Å². The predicted octanol–water partition coefficient (Wildman–Crippen LogP) is 2.93. The van der Waals surface area contributed by atoms with Gasteiger partial charge in [-0.25, -0.2) is 0 Å². The highest BCUT2D eigenvalue weighted by Crippen LogP contribution is 2.24. The molecule has 9 nitrogen and oxygen atoms in total. The van der Waals surface area contributed by atoms with Crippen LogP contribution < -0.4 is 15.0 Å². The first-order valence-corrected chi connectivity index (χ1v) is 12.6. The van der Waals surface area contributed by atoms with Crippen LogP contribution in [0, 0.1) is 0 Å². The van der Waals surface area contributed by atoms with Crippen LogP contribution in [0.5, 0.6) is 5.75 Å². The number of thioether (sulfide) groups is 1. The Morgan fingerprint density at radius 1 is 1.00 bits per heavy atom. The molecule has 184 valence electrons. The number of anilines is 2. The molecule has 35 heavy (non-hydrogen) atoms. The van der Waals surface area contributed by atoms with Gasteiger partial charge in [-0.05, 0) is 31.2 Å². The van der Waals surface area contributed by atoms with Crippen molar-refractivity contribution in [1.82, 2.24) is 19.7 Å². The van der Waals surface area contributed by atoms with Crippen LogP contribution in [0.25, 0.3) is 0 Å². The number of benzene rings is 2. The lowest BCUT2D eigenvalue weighted by Crippen LogP contribution is -2.49. The molecule has 2 heterocycles. The van der Waals surface area contributed by atoms with Gasteiger partial charge in [-0.15, -0.1) is 10.2 Å². The topological polar surface area (TPSA) is 92.6 Å². The van der Waals surface area contributed by atoms with Crippen LogP contribution in [0.2, 0.25) is 0 Å². The van der Waals surface area contributed by atoms with E-state index in [4.69, 9.17) is 4.74 Å². The number of para-hydroxylation sites is 3. The van der Waals surface area contributed by atoms with Crippen molar-refractivity contribution in [3.63, 3.8) is 0 Å². The number of carbonyl (C=O) groups is 2. The van der Waals surface area contributed by atoms with Gasteiger partial charge in [-0.3, -0.25) is 9.59 Å². The van der Waals surface area contributed by atoms with Crippen molar-refractivity contribution in [1.29, 1.82) is 0 Å². The van der Waals surface area contributed by atoms with E-state index >= 15 is 0 Å². The number of amides is 2. The molecule has 10 heteroatoms. The van der Waals surface area contributed by atoms with Gasteiger partial charge in [0.05, 0.1) is 25.0 Å². The summed E-state index contributed by atoms with van der Waals surface area (Å²) in [6.45, 7) is 5.61. The SMILES string of the molecule is CCn1c(CC(=O)Nc2ccccc2OC)nnc1SCC(=O)N1CCN(c2ccccc2)CC1. The van der Waals surface area contributed by atoms with Crippen LogP contribution in [-0.4, -0.2) is 70.5 Å². The van der Waals surface area contributed by atoms with Crippen molar-refractivity contribution in [2.24, 2.45) is 0 Å². The van der Waals surface area contributed by atoms with Crippen molar-refractivity contribution in [2.45, 2.75) is 25.0 Å². The highest BCUT2D eigenvalue weighted by molar-refractivity contribution is 7.99. The molecule has 0 radical (unpaired) electrons. The number of aromatic nitrogens is 3.